The largest absolute Gasteiger partial charge is 0.490 e. The zero-order valence-corrected chi connectivity index (χ0v) is 7.74. The van der Waals surface area contributed by atoms with Gasteiger partial charge in [0.05, 0.1) is 7.11 Å². The summed E-state index contributed by atoms with van der Waals surface area (Å²) in [5.74, 6) is 0.901. The van der Waals surface area contributed by atoms with E-state index in [4.69, 9.17) is 4.74 Å². The lowest BCUT2D eigenvalue weighted by Gasteiger charge is -2.02. The van der Waals surface area contributed by atoms with E-state index in [0.29, 0.717) is 0 Å². The summed E-state index contributed by atoms with van der Waals surface area (Å²) in [4.78, 5) is 0. The summed E-state index contributed by atoms with van der Waals surface area (Å²) in [5.41, 5.74) is 1.09. The van der Waals surface area contributed by atoms with E-state index in [1.54, 1.807) is 7.11 Å². The number of nitrogens with zero attached hydrogens (tertiary/aromatic N) is 1. The smallest absolute Gasteiger partial charge is 0.247 e. The Balaban J connectivity index is 3.13. The van der Waals surface area contributed by atoms with Crippen LogP contribution in [0.3, 0.4) is 0 Å². The van der Waals surface area contributed by atoms with Crippen molar-refractivity contribution >= 4 is 11.9 Å². The number of rotatable bonds is 2. The zero-order chi connectivity index (χ0) is 8.97. The van der Waals surface area contributed by atoms with Crippen LogP contribution >= 0.6 is 0 Å². The molecule has 2 heteroatoms. The fraction of sp³-hybridized carbons (Fsp3) is 0.300. The molecular formula is C10H14NO+. The topological polar surface area (TPSA) is 12.2 Å². The van der Waals surface area contributed by atoms with Crippen molar-refractivity contribution in [2.24, 2.45) is 0 Å². The summed E-state index contributed by atoms with van der Waals surface area (Å²) < 4.78 is 7.23. The van der Waals surface area contributed by atoms with Gasteiger partial charge in [-0.15, -0.1) is 0 Å². The normalized spacial score (nSPS) is 11.4. The van der Waals surface area contributed by atoms with Crippen LogP contribution in [0.4, 0.5) is 5.69 Å². The van der Waals surface area contributed by atoms with Crippen LogP contribution in [0, 0.1) is 0 Å². The van der Waals surface area contributed by atoms with Gasteiger partial charge in [0.2, 0.25) is 5.69 Å². The Hall–Kier alpha value is -1.31. The van der Waals surface area contributed by atoms with Gasteiger partial charge in [0.25, 0.3) is 0 Å². The van der Waals surface area contributed by atoms with E-state index in [9.17, 15) is 0 Å². The van der Waals surface area contributed by atoms with Crippen molar-refractivity contribution in [3.05, 3.63) is 24.3 Å². The predicted octanol–water partition coefficient (Wildman–Crippen LogP) is 2.06. The van der Waals surface area contributed by atoms with Crippen LogP contribution < -0.4 is 4.74 Å². The van der Waals surface area contributed by atoms with Crippen molar-refractivity contribution in [3.63, 3.8) is 0 Å². The lowest BCUT2D eigenvalue weighted by Crippen LogP contribution is -1.99. The first kappa shape index (κ1) is 8.78. The fourth-order valence-electron chi connectivity index (χ4n) is 1.06. The molecule has 0 bridgehead atoms. The minimum atomic E-state index is 0.901. The molecule has 0 fully saturated rings. The molecule has 0 aromatic heterocycles. The molecule has 1 aromatic carbocycles. The molecule has 0 radical (unpaired) electrons. The van der Waals surface area contributed by atoms with Crippen molar-refractivity contribution in [2.75, 3.05) is 14.2 Å². The summed E-state index contributed by atoms with van der Waals surface area (Å²) in [6.07, 6.45) is 2.00. The molecule has 0 saturated heterocycles. The first-order chi connectivity index (χ1) is 5.79. The molecule has 1 aromatic rings. The monoisotopic (exact) mass is 164 g/mol. The third-order valence-corrected chi connectivity index (χ3v) is 1.85. The molecular weight excluding hydrogens is 150 g/mol. The molecule has 0 heterocycles. The van der Waals surface area contributed by atoms with E-state index in [0.717, 1.165) is 11.4 Å². The van der Waals surface area contributed by atoms with Gasteiger partial charge in [-0.3, -0.25) is 0 Å². The molecule has 0 N–H and O–H groups in total. The van der Waals surface area contributed by atoms with Crippen LogP contribution in [0.15, 0.2) is 24.3 Å². The summed E-state index contributed by atoms with van der Waals surface area (Å²) >= 11 is 0. The van der Waals surface area contributed by atoms with E-state index >= 15 is 0 Å². The molecule has 0 aliphatic carbocycles. The average molecular weight is 164 g/mol. The molecule has 0 aliphatic heterocycles. The van der Waals surface area contributed by atoms with Gasteiger partial charge in [0.15, 0.2) is 5.75 Å². The fourth-order valence-corrected chi connectivity index (χ4v) is 1.06. The first-order valence-electron chi connectivity index (χ1n) is 3.95. The van der Waals surface area contributed by atoms with Crippen molar-refractivity contribution in [1.29, 1.82) is 0 Å². The Bertz CT molecular complexity index is 292. The zero-order valence-electron chi connectivity index (χ0n) is 7.74. The maximum absolute atomic E-state index is 5.21. The molecule has 2 nitrogen and oxygen atoms in total. The SMILES string of the molecule is CC=[N+](C)c1ccccc1OC. The van der Waals surface area contributed by atoms with Gasteiger partial charge in [-0.1, -0.05) is 12.1 Å². The third kappa shape index (κ3) is 1.64. The van der Waals surface area contributed by atoms with Gasteiger partial charge in [0.1, 0.15) is 13.3 Å². The minimum Gasteiger partial charge on any atom is -0.490 e. The number of methoxy groups -OCH3 is 1. The summed E-state index contributed by atoms with van der Waals surface area (Å²) in [6, 6.07) is 7.94. The van der Waals surface area contributed by atoms with Crippen LogP contribution in [-0.4, -0.2) is 24.9 Å². The van der Waals surface area contributed by atoms with Gasteiger partial charge < -0.3 is 4.74 Å². The second-order valence-corrected chi connectivity index (χ2v) is 2.54. The number of ether oxygens (including phenoxy) is 1. The van der Waals surface area contributed by atoms with Crippen LogP contribution in [0.2, 0.25) is 0 Å². The Morgan fingerprint density at radius 3 is 2.58 bits per heavy atom. The average Bonchev–Trinajstić information content (AvgIpc) is 2.16. The van der Waals surface area contributed by atoms with Crippen LogP contribution in [0.25, 0.3) is 0 Å². The Morgan fingerprint density at radius 1 is 1.33 bits per heavy atom. The molecule has 0 atom stereocenters. The number of benzene rings is 1. The van der Waals surface area contributed by atoms with Crippen LogP contribution in [-0.2, 0) is 0 Å². The summed E-state index contributed by atoms with van der Waals surface area (Å²) in [5, 5.41) is 0. The van der Waals surface area contributed by atoms with Gasteiger partial charge in [-0.25, -0.2) is 4.58 Å². The highest BCUT2D eigenvalue weighted by Crippen LogP contribution is 2.24. The second-order valence-electron chi connectivity index (χ2n) is 2.54. The maximum Gasteiger partial charge on any atom is 0.247 e. The number of para-hydroxylation sites is 2. The molecule has 64 valence electrons. The molecule has 1 rings (SSSR count). The molecule has 0 spiro atoms. The Morgan fingerprint density at radius 2 is 2.00 bits per heavy atom. The van der Waals surface area contributed by atoms with E-state index in [1.807, 2.05) is 49.0 Å². The summed E-state index contributed by atoms with van der Waals surface area (Å²) in [6.45, 7) is 1.99. The molecule has 0 amide bonds. The highest BCUT2D eigenvalue weighted by atomic mass is 16.5. The van der Waals surface area contributed by atoms with Crippen molar-refractivity contribution < 1.29 is 9.31 Å². The molecule has 0 unspecified atom stereocenters. The predicted molar refractivity (Wildman–Crippen MR) is 50.6 cm³/mol. The van der Waals surface area contributed by atoms with Crippen LogP contribution in [0.1, 0.15) is 6.92 Å². The van der Waals surface area contributed by atoms with E-state index in [1.165, 1.54) is 0 Å². The minimum absolute atomic E-state index is 0.901. The van der Waals surface area contributed by atoms with Crippen molar-refractivity contribution in [3.8, 4) is 5.75 Å². The van der Waals surface area contributed by atoms with Gasteiger partial charge in [-0.2, -0.15) is 0 Å². The van der Waals surface area contributed by atoms with Crippen molar-refractivity contribution in [1.82, 2.24) is 0 Å². The lowest BCUT2D eigenvalue weighted by atomic mass is 10.3. The highest BCUT2D eigenvalue weighted by Gasteiger charge is 2.08. The van der Waals surface area contributed by atoms with Gasteiger partial charge in [0, 0.05) is 13.0 Å². The molecule has 12 heavy (non-hydrogen) atoms. The standard InChI is InChI=1S/C10H14NO/c1-4-11(2)9-7-5-6-8-10(9)12-3/h4-8H,1-3H3/q+1. The molecule has 0 aliphatic rings. The van der Waals surface area contributed by atoms with Gasteiger partial charge in [-0.05, 0) is 6.07 Å². The van der Waals surface area contributed by atoms with Crippen LogP contribution in [0.5, 0.6) is 5.75 Å². The quantitative estimate of drug-likeness (QED) is 0.481. The van der Waals surface area contributed by atoms with Crippen molar-refractivity contribution in [2.45, 2.75) is 6.92 Å². The Kier molecular flexibility index (Phi) is 2.86. The third-order valence-electron chi connectivity index (χ3n) is 1.85. The van der Waals surface area contributed by atoms with E-state index in [-0.39, 0.29) is 0 Å². The number of hydrogen-bond donors (Lipinski definition) is 0. The maximum atomic E-state index is 5.21. The lowest BCUT2D eigenvalue weighted by molar-refractivity contribution is -0.400. The van der Waals surface area contributed by atoms with Gasteiger partial charge >= 0.3 is 0 Å². The highest BCUT2D eigenvalue weighted by molar-refractivity contribution is 5.54. The summed E-state index contributed by atoms with van der Waals surface area (Å²) in [7, 11) is 3.68. The first-order valence-corrected chi connectivity index (χ1v) is 3.95. The van der Waals surface area contributed by atoms with E-state index in [2.05, 4.69) is 0 Å². The number of hydrogen-bond acceptors (Lipinski definition) is 1. The van der Waals surface area contributed by atoms with E-state index < -0.39 is 0 Å². The molecule has 0 saturated carbocycles. The Labute approximate surface area is 73.1 Å². The second kappa shape index (κ2) is 3.90.